The number of nitro benzene ring substituents is 1. The van der Waals surface area contributed by atoms with Crippen LogP contribution in [0.15, 0.2) is 32.7 Å². The van der Waals surface area contributed by atoms with Crippen LogP contribution in [0, 0.1) is 10.1 Å². The highest BCUT2D eigenvalue weighted by atomic mass is 79.9. The number of nitro groups is 1. The molecule has 19 heavy (non-hydrogen) atoms. The van der Waals surface area contributed by atoms with Gasteiger partial charge < -0.3 is 9.84 Å². The highest BCUT2D eigenvalue weighted by Crippen LogP contribution is 2.37. The Balaban J connectivity index is 2.88. The van der Waals surface area contributed by atoms with Gasteiger partial charge in [0, 0.05) is 17.7 Å². The third-order valence-electron chi connectivity index (χ3n) is 2.15. The fourth-order valence-electron chi connectivity index (χ4n) is 1.13. The van der Waals surface area contributed by atoms with Crippen molar-refractivity contribution >= 4 is 43.5 Å². The number of non-ortho nitro benzene ring substituents is 1. The summed E-state index contributed by atoms with van der Waals surface area (Å²) >= 11 is 6.33. The summed E-state index contributed by atoms with van der Waals surface area (Å²) in [5.74, 6) is -0.648. The summed E-state index contributed by atoms with van der Waals surface area (Å²) in [6, 6.07) is 2.63. The molecule has 0 aliphatic rings. The largest absolute Gasteiger partial charge is 0.487 e. The molecule has 0 spiro atoms. The number of hydrogen-bond acceptors (Lipinski definition) is 4. The molecule has 0 fully saturated rings. The maximum atomic E-state index is 10.6. The first-order chi connectivity index (χ1) is 8.82. The normalized spacial score (nSPS) is 11.2. The minimum atomic E-state index is -1.02. The number of halogens is 2. The number of carboxylic acid groups (broad SMARTS) is 1. The second-order valence-corrected chi connectivity index (χ2v) is 5.21. The molecule has 8 heteroatoms. The van der Waals surface area contributed by atoms with E-state index in [0.717, 1.165) is 0 Å². The number of nitrogens with zero attached hydrogens (tertiary/aromatic N) is 1. The molecule has 0 aliphatic heterocycles. The number of rotatable bonds is 5. The minimum Gasteiger partial charge on any atom is -0.487 e. The lowest BCUT2D eigenvalue weighted by atomic mass is 10.3. The van der Waals surface area contributed by atoms with Gasteiger partial charge in [0.2, 0.25) is 0 Å². The summed E-state index contributed by atoms with van der Waals surface area (Å²) < 4.78 is 6.19. The Morgan fingerprint density at radius 1 is 1.47 bits per heavy atom. The van der Waals surface area contributed by atoms with Gasteiger partial charge in [-0.1, -0.05) is 0 Å². The zero-order chi connectivity index (χ0) is 14.6. The van der Waals surface area contributed by atoms with Crippen LogP contribution in [-0.4, -0.2) is 22.6 Å². The number of ether oxygens (including phenoxy) is 1. The van der Waals surface area contributed by atoms with Crippen molar-refractivity contribution in [1.82, 2.24) is 0 Å². The predicted octanol–water partition coefficient (Wildman–Crippen LogP) is 3.53. The molecule has 1 rings (SSSR count). The zero-order valence-corrected chi connectivity index (χ0v) is 12.9. The van der Waals surface area contributed by atoms with E-state index in [1.165, 1.54) is 25.1 Å². The Kier molecular flexibility index (Phi) is 5.49. The lowest BCUT2D eigenvalue weighted by molar-refractivity contribution is -0.385. The Bertz CT molecular complexity index is 533. The van der Waals surface area contributed by atoms with E-state index in [9.17, 15) is 14.9 Å². The third-order valence-corrected chi connectivity index (χ3v) is 3.33. The van der Waals surface area contributed by atoms with Crippen LogP contribution in [-0.2, 0) is 4.79 Å². The maximum absolute atomic E-state index is 10.6. The summed E-state index contributed by atoms with van der Waals surface area (Å²) in [7, 11) is 0. The van der Waals surface area contributed by atoms with Crippen molar-refractivity contribution in [3.05, 3.63) is 42.8 Å². The van der Waals surface area contributed by atoms with E-state index in [4.69, 9.17) is 9.84 Å². The summed E-state index contributed by atoms with van der Waals surface area (Å²) in [5.41, 5.74) is 0.0810. The fraction of sp³-hybridized carbons (Fsp3) is 0.182. The van der Waals surface area contributed by atoms with Gasteiger partial charge in [0.25, 0.3) is 5.69 Å². The second-order valence-electron chi connectivity index (χ2n) is 3.50. The van der Waals surface area contributed by atoms with Crippen LogP contribution in [0.25, 0.3) is 0 Å². The molecule has 0 saturated carbocycles. The maximum Gasteiger partial charge on any atom is 0.331 e. The number of benzene rings is 1. The molecule has 0 radical (unpaired) electrons. The van der Waals surface area contributed by atoms with E-state index in [0.29, 0.717) is 14.7 Å². The van der Waals surface area contributed by atoms with Crippen LogP contribution in [0.4, 0.5) is 5.69 Å². The Hall–Kier alpha value is -1.41. The first-order valence-electron chi connectivity index (χ1n) is 4.99. The van der Waals surface area contributed by atoms with Gasteiger partial charge in [-0.2, -0.15) is 0 Å². The molecular weight excluding hydrogens is 386 g/mol. The van der Waals surface area contributed by atoms with Gasteiger partial charge in [0.05, 0.1) is 13.9 Å². The SMILES string of the molecule is CC(=CCOc1c(Br)cc([N+](=O)[O-])cc1Br)C(=O)O. The molecule has 1 aromatic rings. The van der Waals surface area contributed by atoms with Crippen molar-refractivity contribution in [2.45, 2.75) is 6.92 Å². The van der Waals surface area contributed by atoms with Crippen LogP contribution in [0.5, 0.6) is 5.75 Å². The average Bonchev–Trinajstić information content (AvgIpc) is 2.31. The Morgan fingerprint density at radius 2 is 2.00 bits per heavy atom. The summed E-state index contributed by atoms with van der Waals surface area (Å²) in [4.78, 5) is 20.7. The summed E-state index contributed by atoms with van der Waals surface area (Å²) in [5, 5.41) is 19.3. The van der Waals surface area contributed by atoms with E-state index < -0.39 is 10.9 Å². The highest BCUT2D eigenvalue weighted by molar-refractivity contribution is 9.11. The smallest absolute Gasteiger partial charge is 0.331 e. The van der Waals surface area contributed by atoms with Crippen LogP contribution in [0.1, 0.15) is 6.92 Å². The number of carboxylic acids is 1. The van der Waals surface area contributed by atoms with Crippen LogP contribution in [0.3, 0.4) is 0 Å². The molecule has 102 valence electrons. The van der Waals surface area contributed by atoms with Crippen LogP contribution in [0.2, 0.25) is 0 Å². The van der Waals surface area contributed by atoms with Crippen molar-refractivity contribution in [1.29, 1.82) is 0 Å². The molecule has 6 nitrogen and oxygen atoms in total. The molecule has 1 N–H and O–H groups in total. The van der Waals surface area contributed by atoms with E-state index in [2.05, 4.69) is 31.9 Å². The van der Waals surface area contributed by atoms with Gasteiger partial charge in [-0.3, -0.25) is 10.1 Å². The molecule has 0 bridgehead atoms. The molecule has 0 atom stereocenters. The summed E-state index contributed by atoms with van der Waals surface area (Å²) in [6.07, 6.45) is 1.41. The molecule has 0 saturated heterocycles. The molecule has 0 heterocycles. The van der Waals surface area contributed by atoms with E-state index >= 15 is 0 Å². The van der Waals surface area contributed by atoms with Crippen molar-refractivity contribution in [3.8, 4) is 5.75 Å². The molecule has 1 aromatic carbocycles. The van der Waals surface area contributed by atoms with Crippen molar-refractivity contribution in [2.24, 2.45) is 0 Å². The lowest BCUT2D eigenvalue weighted by Gasteiger charge is -2.08. The Morgan fingerprint density at radius 3 is 2.42 bits per heavy atom. The van der Waals surface area contributed by atoms with Gasteiger partial charge in [0.15, 0.2) is 0 Å². The molecule has 0 aromatic heterocycles. The molecule has 0 aliphatic carbocycles. The molecule has 0 amide bonds. The minimum absolute atomic E-state index is 0.0488. The van der Waals surface area contributed by atoms with Crippen LogP contribution >= 0.6 is 31.9 Å². The lowest BCUT2D eigenvalue weighted by Crippen LogP contribution is -2.01. The molecular formula is C11H9Br2NO5. The van der Waals surface area contributed by atoms with Crippen molar-refractivity contribution in [2.75, 3.05) is 6.61 Å². The van der Waals surface area contributed by atoms with E-state index in [1.807, 2.05) is 0 Å². The Labute approximate surface area is 125 Å². The van der Waals surface area contributed by atoms with Crippen molar-refractivity contribution in [3.63, 3.8) is 0 Å². The predicted molar refractivity (Wildman–Crippen MR) is 75.4 cm³/mol. The topological polar surface area (TPSA) is 89.7 Å². The van der Waals surface area contributed by atoms with Gasteiger partial charge in [-0.05, 0) is 44.9 Å². The van der Waals surface area contributed by atoms with Gasteiger partial charge >= 0.3 is 5.97 Å². The molecule has 0 unspecified atom stereocenters. The van der Waals surface area contributed by atoms with E-state index in [-0.39, 0.29) is 17.9 Å². The number of aliphatic carboxylic acids is 1. The first-order valence-corrected chi connectivity index (χ1v) is 6.57. The number of hydrogen-bond donors (Lipinski definition) is 1. The van der Waals surface area contributed by atoms with Gasteiger partial charge in [-0.15, -0.1) is 0 Å². The fourth-order valence-corrected chi connectivity index (χ4v) is 2.52. The highest BCUT2D eigenvalue weighted by Gasteiger charge is 2.14. The third kappa shape index (κ3) is 4.32. The van der Waals surface area contributed by atoms with Crippen molar-refractivity contribution < 1.29 is 19.6 Å². The monoisotopic (exact) mass is 393 g/mol. The number of carbonyl (C=O) groups is 1. The van der Waals surface area contributed by atoms with Crippen LogP contribution < -0.4 is 4.74 Å². The first kappa shape index (κ1) is 15.6. The quantitative estimate of drug-likeness (QED) is 0.468. The zero-order valence-electron chi connectivity index (χ0n) is 9.72. The second kappa shape index (κ2) is 6.67. The van der Waals surface area contributed by atoms with Gasteiger partial charge in [0.1, 0.15) is 12.4 Å². The van der Waals surface area contributed by atoms with Gasteiger partial charge in [-0.25, -0.2) is 4.79 Å². The average molecular weight is 395 g/mol. The standard InChI is InChI=1S/C11H9Br2NO5/c1-6(11(15)16)2-3-19-10-8(12)4-7(14(17)18)5-9(10)13/h2,4-5H,3H2,1H3,(H,15,16). The van der Waals surface area contributed by atoms with E-state index in [1.54, 1.807) is 0 Å². The summed E-state index contributed by atoms with van der Waals surface area (Å²) in [6.45, 7) is 1.50.